The molecule has 1 aromatic carbocycles. The fraction of sp³-hybridized carbons (Fsp3) is 0.286. The van der Waals surface area contributed by atoms with Crippen molar-refractivity contribution in [1.29, 1.82) is 0 Å². The van der Waals surface area contributed by atoms with E-state index in [4.69, 9.17) is 15.9 Å². The first kappa shape index (κ1) is 15.9. The van der Waals surface area contributed by atoms with E-state index in [0.717, 1.165) is 11.4 Å². The van der Waals surface area contributed by atoms with E-state index in [0.29, 0.717) is 13.0 Å². The average molecular weight is 277 g/mol. The smallest absolute Gasteiger partial charge is 0.303 e. The van der Waals surface area contributed by atoms with E-state index >= 15 is 0 Å². The number of carboxylic acid groups (broad SMARTS) is 1. The lowest BCUT2D eigenvalue weighted by Gasteiger charge is -1.99. The van der Waals surface area contributed by atoms with Gasteiger partial charge in [0.25, 0.3) is 0 Å². The first-order chi connectivity index (χ1) is 9.67. The molecule has 0 atom stereocenters. The molecule has 0 bridgehead atoms. The fourth-order valence-corrected chi connectivity index (χ4v) is 1.47. The molecule has 0 aliphatic heterocycles. The lowest BCUT2D eigenvalue weighted by molar-refractivity contribution is -0.136. The maximum Gasteiger partial charge on any atom is 0.303 e. The Bertz CT molecular complexity index is 509. The first-order valence-electron chi connectivity index (χ1n) is 6.28. The molecule has 2 aromatic rings. The van der Waals surface area contributed by atoms with Gasteiger partial charge < -0.3 is 20.5 Å². The van der Waals surface area contributed by atoms with Gasteiger partial charge in [0.2, 0.25) is 0 Å². The predicted molar refractivity (Wildman–Crippen MR) is 75.7 cm³/mol. The molecule has 0 aliphatic carbocycles. The van der Waals surface area contributed by atoms with Gasteiger partial charge in [-0.05, 0) is 12.1 Å². The highest BCUT2D eigenvalue weighted by Crippen LogP contribution is 2.08. The summed E-state index contributed by atoms with van der Waals surface area (Å²) in [5.41, 5.74) is 6.60. The van der Waals surface area contributed by atoms with E-state index in [2.05, 4.69) is 4.98 Å². The Labute approximate surface area is 117 Å². The normalized spacial score (nSPS) is 9.70. The second-order valence-corrected chi connectivity index (χ2v) is 4.01. The number of hydrogen-bond donors (Lipinski definition) is 3. The molecule has 1 heterocycles. The Kier molecular flexibility index (Phi) is 7.02. The number of nitrogens with zero attached hydrogens (tertiary/aromatic N) is 2. The maximum atomic E-state index is 10.4. The summed E-state index contributed by atoms with van der Waals surface area (Å²) in [4.78, 5) is 14.6. The number of aryl methyl sites for hydroxylation is 1. The van der Waals surface area contributed by atoms with Gasteiger partial charge in [-0.15, -0.1) is 0 Å². The average Bonchev–Trinajstić information content (AvgIpc) is 2.95. The molecule has 0 unspecified atom stereocenters. The summed E-state index contributed by atoms with van der Waals surface area (Å²) in [7, 11) is 0. The Hall–Kier alpha value is -2.18. The zero-order valence-electron chi connectivity index (χ0n) is 11.1. The van der Waals surface area contributed by atoms with E-state index in [1.165, 1.54) is 0 Å². The van der Waals surface area contributed by atoms with Crippen LogP contribution in [0.5, 0.6) is 0 Å². The molecule has 0 saturated heterocycles. The summed E-state index contributed by atoms with van der Waals surface area (Å²) in [5, 5.41) is 16.3. The third-order valence-electron chi connectivity index (χ3n) is 2.41. The summed E-state index contributed by atoms with van der Waals surface area (Å²) in [5.74, 6) is -0.797. The highest BCUT2D eigenvalue weighted by Gasteiger charge is 2.03. The molecular formula is C14H19N3O3. The number of benzene rings is 1. The topological polar surface area (TPSA) is 101 Å². The molecule has 0 saturated carbocycles. The SMILES string of the molecule is NCCO.O=C(O)CCc1cn(-c2ccccc2)cn1. The van der Waals surface area contributed by atoms with Gasteiger partial charge in [0, 0.05) is 24.8 Å². The molecule has 0 amide bonds. The standard InChI is InChI=1S/C12H12N2O2.C2H7NO/c15-12(16)7-6-10-8-14(9-13-10)11-4-2-1-3-5-11;3-1-2-4/h1-5,8-9H,6-7H2,(H,15,16);4H,1-3H2. The second-order valence-electron chi connectivity index (χ2n) is 4.01. The van der Waals surface area contributed by atoms with Crippen molar-refractivity contribution in [3.63, 3.8) is 0 Å². The number of carbonyl (C=O) groups is 1. The molecule has 20 heavy (non-hydrogen) atoms. The highest BCUT2D eigenvalue weighted by atomic mass is 16.4. The van der Waals surface area contributed by atoms with Crippen molar-refractivity contribution in [2.24, 2.45) is 5.73 Å². The molecule has 6 nitrogen and oxygen atoms in total. The van der Waals surface area contributed by atoms with E-state index in [1.807, 2.05) is 41.1 Å². The molecule has 2 rings (SSSR count). The van der Waals surface area contributed by atoms with Crippen molar-refractivity contribution in [2.45, 2.75) is 12.8 Å². The molecule has 0 radical (unpaired) electrons. The van der Waals surface area contributed by atoms with Gasteiger partial charge in [-0.3, -0.25) is 4.79 Å². The number of para-hydroxylation sites is 1. The van der Waals surface area contributed by atoms with E-state index in [1.54, 1.807) is 6.33 Å². The van der Waals surface area contributed by atoms with E-state index in [-0.39, 0.29) is 13.0 Å². The summed E-state index contributed by atoms with van der Waals surface area (Å²) in [6, 6.07) is 9.80. The molecule has 0 aliphatic rings. The van der Waals surface area contributed by atoms with Crippen molar-refractivity contribution < 1.29 is 15.0 Å². The summed E-state index contributed by atoms with van der Waals surface area (Å²) < 4.78 is 1.89. The highest BCUT2D eigenvalue weighted by molar-refractivity contribution is 5.66. The number of hydrogen-bond acceptors (Lipinski definition) is 4. The zero-order valence-corrected chi connectivity index (χ0v) is 11.1. The van der Waals surface area contributed by atoms with Crippen molar-refractivity contribution in [3.05, 3.63) is 48.5 Å². The van der Waals surface area contributed by atoms with Gasteiger partial charge in [-0.1, -0.05) is 18.2 Å². The molecule has 4 N–H and O–H groups in total. The van der Waals surface area contributed by atoms with Crippen molar-refractivity contribution in [3.8, 4) is 5.69 Å². The van der Waals surface area contributed by atoms with Crippen LogP contribution in [0.3, 0.4) is 0 Å². The van der Waals surface area contributed by atoms with E-state index in [9.17, 15) is 4.79 Å². The number of aliphatic carboxylic acids is 1. The lowest BCUT2D eigenvalue weighted by atomic mass is 10.2. The third kappa shape index (κ3) is 5.64. The predicted octanol–water partition coefficient (Wildman–Crippen LogP) is 0.827. The molecular weight excluding hydrogens is 258 g/mol. The fourth-order valence-electron chi connectivity index (χ4n) is 1.47. The summed E-state index contributed by atoms with van der Waals surface area (Å²) in [6.45, 7) is 0.472. The summed E-state index contributed by atoms with van der Waals surface area (Å²) in [6.07, 6.45) is 4.14. The van der Waals surface area contributed by atoms with Gasteiger partial charge in [-0.25, -0.2) is 4.98 Å². The van der Waals surface area contributed by atoms with Gasteiger partial charge in [0.15, 0.2) is 0 Å². The quantitative estimate of drug-likeness (QED) is 0.751. The maximum absolute atomic E-state index is 10.4. The Balaban J connectivity index is 0.000000444. The van der Waals surface area contributed by atoms with Crippen molar-refractivity contribution in [2.75, 3.05) is 13.2 Å². The minimum Gasteiger partial charge on any atom is -0.481 e. The van der Waals surface area contributed by atoms with Gasteiger partial charge in [0.05, 0.1) is 25.0 Å². The number of aliphatic hydroxyl groups excluding tert-OH is 1. The third-order valence-corrected chi connectivity index (χ3v) is 2.41. The Morgan fingerprint density at radius 1 is 1.30 bits per heavy atom. The summed E-state index contributed by atoms with van der Waals surface area (Å²) >= 11 is 0. The Morgan fingerprint density at radius 3 is 2.50 bits per heavy atom. The van der Waals surface area contributed by atoms with Crippen LogP contribution in [0.1, 0.15) is 12.1 Å². The monoisotopic (exact) mass is 277 g/mol. The largest absolute Gasteiger partial charge is 0.481 e. The van der Waals surface area contributed by atoms with Crippen LogP contribution in [0.4, 0.5) is 0 Å². The number of nitrogens with two attached hydrogens (primary N) is 1. The Morgan fingerprint density at radius 2 is 1.95 bits per heavy atom. The van der Waals surface area contributed by atoms with Crippen molar-refractivity contribution in [1.82, 2.24) is 9.55 Å². The first-order valence-corrected chi connectivity index (χ1v) is 6.28. The van der Waals surface area contributed by atoms with Crippen LogP contribution in [-0.2, 0) is 11.2 Å². The van der Waals surface area contributed by atoms with Crippen LogP contribution in [-0.4, -0.2) is 38.9 Å². The second kappa shape index (κ2) is 8.84. The number of aliphatic hydroxyl groups is 1. The van der Waals surface area contributed by atoms with Crippen LogP contribution in [0.15, 0.2) is 42.9 Å². The molecule has 0 spiro atoms. The zero-order chi connectivity index (χ0) is 14.8. The number of imidazole rings is 1. The molecule has 1 aromatic heterocycles. The van der Waals surface area contributed by atoms with Gasteiger partial charge >= 0.3 is 5.97 Å². The van der Waals surface area contributed by atoms with Crippen LogP contribution >= 0.6 is 0 Å². The molecule has 6 heteroatoms. The van der Waals surface area contributed by atoms with Gasteiger partial charge in [0.1, 0.15) is 0 Å². The van der Waals surface area contributed by atoms with Crippen LogP contribution in [0, 0.1) is 0 Å². The van der Waals surface area contributed by atoms with E-state index < -0.39 is 5.97 Å². The molecule has 108 valence electrons. The molecule has 0 fully saturated rings. The number of aromatic nitrogens is 2. The number of carboxylic acids is 1. The minimum atomic E-state index is -0.797. The van der Waals surface area contributed by atoms with Crippen LogP contribution < -0.4 is 5.73 Å². The number of rotatable bonds is 5. The van der Waals surface area contributed by atoms with Gasteiger partial charge in [-0.2, -0.15) is 0 Å². The lowest BCUT2D eigenvalue weighted by Crippen LogP contribution is -2.02. The van der Waals surface area contributed by atoms with Crippen LogP contribution in [0.25, 0.3) is 5.69 Å². The van der Waals surface area contributed by atoms with Crippen LogP contribution in [0.2, 0.25) is 0 Å². The van der Waals surface area contributed by atoms with Crippen molar-refractivity contribution >= 4 is 5.97 Å². The minimum absolute atomic E-state index is 0.0972.